The number of aliphatic hydroxyl groups excluding tert-OH is 4. The van der Waals surface area contributed by atoms with Crippen molar-refractivity contribution in [3.05, 3.63) is 0 Å². The third kappa shape index (κ3) is 2.39. The number of aliphatic hydroxyl groups is 5. The second kappa shape index (κ2) is 3.99. The Bertz CT molecular complexity index is 110. The highest BCUT2D eigenvalue weighted by Crippen LogP contribution is 2.12. The van der Waals surface area contributed by atoms with Crippen LogP contribution in [0.1, 0.15) is 6.92 Å². The van der Waals surface area contributed by atoms with Crippen LogP contribution in [0.25, 0.3) is 0 Å². The molecule has 0 aromatic heterocycles. The maximum Gasteiger partial charge on any atom is 0.139 e. The van der Waals surface area contributed by atoms with Gasteiger partial charge in [-0.1, -0.05) is 0 Å². The molecule has 11 heavy (non-hydrogen) atoms. The molecule has 0 fully saturated rings. The van der Waals surface area contributed by atoms with Crippen molar-refractivity contribution in [3.63, 3.8) is 0 Å². The van der Waals surface area contributed by atoms with Crippen LogP contribution in [-0.4, -0.2) is 56.6 Å². The van der Waals surface area contributed by atoms with Crippen LogP contribution in [0.2, 0.25) is 0 Å². The molecule has 5 heteroatoms. The SMILES string of the molecule is CC(O)[C@H](O)C(O)(CO)CO. The second-order valence-corrected chi connectivity index (χ2v) is 2.61. The fourth-order valence-electron chi connectivity index (χ4n) is 0.686. The number of hydrogen-bond donors (Lipinski definition) is 5. The lowest BCUT2D eigenvalue weighted by atomic mass is 9.95. The summed E-state index contributed by atoms with van der Waals surface area (Å²) in [5.74, 6) is 0. The first-order valence-electron chi connectivity index (χ1n) is 3.28. The zero-order chi connectivity index (χ0) is 9.07. The predicted molar refractivity (Wildman–Crippen MR) is 36.8 cm³/mol. The maximum atomic E-state index is 9.16. The van der Waals surface area contributed by atoms with E-state index < -0.39 is 31.0 Å². The highest BCUT2D eigenvalue weighted by atomic mass is 16.4. The molecule has 0 amide bonds. The lowest BCUT2D eigenvalue weighted by Gasteiger charge is -2.30. The van der Waals surface area contributed by atoms with Gasteiger partial charge in [0, 0.05) is 0 Å². The van der Waals surface area contributed by atoms with Crippen molar-refractivity contribution in [2.75, 3.05) is 13.2 Å². The minimum absolute atomic E-state index is 0.796. The number of rotatable bonds is 4. The topological polar surface area (TPSA) is 101 Å². The Kier molecular flexibility index (Phi) is 3.91. The molecule has 0 aliphatic carbocycles. The summed E-state index contributed by atoms with van der Waals surface area (Å²) in [5, 5.41) is 44.0. The average Bonchev–Trinajstić information content (AvgIpc) is 2.01. The quantitative estimate of drug-likeness (QED) is 0.316. The van der Waals surface area contributed by atoms with Gasteiger partial charge in [0.25, 0.3) is 0 Å². The summed E-state index contributed by atoms with van der Waals surface area (Å²) in [4.78, 5) is 0. The largest absolute Gasteiger partial charge is 0.393 e. The van der Waals surface area contributed by atoms with E-state index >= 15 is 0 Å². The molecule has 0 aliphatic rings. The van der Waals surface area contributed by atoms with Gasteiger partial charge in [-0.25, -0.2) is 0 Å². The van der Waals surface area contributed by atoms with Crippen molar-refractivity contribution in [2.24, 2.45) is 0 Å². The van der Waals surface area contributed by atoms with Gasteiger partial charge in [0.05, 0.1) is 19.3 Å². The molecular weight excluding hydrogens is 152 g/mol. The van der Waals surface area contributed by atoms with Crippen LogP contribution >= 0.6 is 0 Å². The zero-order valence-electron chi connectivity index (χ0n) is 6.30. The van der Waals surface area contributed by atoms with Crippen LogP contribution in [0.5, 0.6) is 0 Å². The van der Waals surface area contributed by atoms with E-state index in [1.807, 2.05) is 0 Å². The van der Waals surface area contributed by atoms with Gasteiger partial charge in [0.1, 0.15) is 11.7 Å². The molecule has 0 radical (unpaired) electrons. The molecule has 0 aromatic carbocycles. The van der Waals surface area contributed by atoms with Crippen molar-refractivity contribution in [3.8, 4) is 0 Å². The van der Waals surface area contributed by atoms with Crippen molar-refractivity contribution in [1.29, 1.82) is 0 Å². The summed E-state index contributed by atoms with van der Waals surface area (Å²) in [7, 11) is 0. The summed E-state index contributed by atoms with van der Waals surface area (Å²) >= 11 is 0. The molecule has 68 valence electrons. The van der Waals surface area contributed by atoms with E-state index in [1.165, 1.54) is 6.92 Å². The zero-order valence-corrected chi connectivity index (χ0v) is 6.30. The Morgan fingerprint density at radius 3 is 1.64 bits per heavy atom. The van der Waals surface area contributed by atoms with Gasteiger partial charge < -0.3 is 25.5 Å². The van der Waals surface area contributed by atoms with Crippen molar-refractivity contribution in [1.82, 2.24) is 0 Å². The first-order valence-corrected chi connectivity index (χ1v) is 3.28. The summed E-state index contributed by atoms with van der Waals surface area (Å²) in [6.45, 7) is -0.341. The van der Waals surface area contributed by atoms with Gasteiger partial charge in [0.15, 0.2) is 0 Å². The molecule has 0 rings (SSSR count). The van der Waals surface area contributed by atoms with Crippen LogP contribution in [0, 0.1) is 0 Å². The van der Waals surface area contributed by atoms with Crippen molar-refractivity contribution < 1.29 is 25.5 Å². The van der Waals surface area contributed by atoms with E-state index in [-0.39, 0.29) is 0 Å². The average molecular weight is 166 g/mol. The number of hydrogen-bond acceptors (Lipinski definition) is 5. The highest BCUT2D eigenvalue weighted by Gasteiger charge is 2.37. The third-order valence-corrected chi connectivity index (χ3v) is 1.56. The molecule has 0 aromatic rings. The van der Waals surface area contributed by atoms with Gasteiger partial charge in [-0.05, 0) is 6.92 Å². The standard InChI is InChI=1S/C6H14O5/c1-4(9)5(10)6(11,2-7)3-8/h4-5,7-11H,2-3H2,1H3/t4?,5-/m0/s1. The normalized spacial score (nSPS) is 18.0. The molecule has 5 nitrogen and oxygen atoms in total. The van der Waals surface area contributed by atoms with Gasteiger partial charge in [-0.15, -0.1) is 0 Å². The fraction of sp³-hybridized carbons (Fsp3) is 1.00. The molecular formula is C6H14O5. The molecule has 0 heterocycles. The van der Waals surface area contributed by atoms with E-state index in [2.05, 4.69) is 0 Å². The van der Waals surface area contributed by atoms with E-state index in [4.69, 9.17) is 25.5 Å². The monoisotopic (exact) mass is 166 g/mol. The first-order chi connectivity index (χ1) is 4.98. The molecule has 0 saturated heterocycles. The van der Waals surface area contributed by atoms with Crippen LogP contribution in [0.15, 0.2) is 0 Å². The van der Waals surface area contributed by atoms with Crippen LogP contribution in [0.4, 0.5) is 0 Å². The molecule has 1 unspecified atom stereocenters. The summed E-state index contributed by atoms with van der Waals surface area (Å²) in [5.41, 5.74) is -2.02. The predicted octanol–water partition coefficient (Wildman–Crippen LogP) is -2.56. The smallest absolute Gasteiger partial charge is 0.139 e. The second-order valence-electron chi connectivity index (χ2n) is 2.61. The molecule has 0 aliphatic heterocycles. The summed E-state index contributed by atoms with van der Waals surface area (Å²) < 4.78 is 0. The van der Waals surface area contributed by atoms with Crippen LogP contribution in [-0.2, 0) is 0 Å². The maximum absolute atomic E-state index is 9.16. The van der Waals surface area contributed by atoms with Crippen LogP contribution < -0.4 is 0 Å². The minimum atomic E-state index is -2.02. The van der Waals surface area contributed by atoms with E-state index in [1.54, 1.807) is 0 Å². The Balaban J connectivity index is 4.24. The Labute approximate surface area is 64.5 Å². The van der Waals surface area contributed by atoms with E-state index in [0.717, 1.165) is 0 Å². The van der Waals surface area contributed by atoms with Gasteiger partial charge in [0.2, 0.25) is 0 Å². The third-order valence-electron chi connectivity index (χ3n) is 1.56. The van der Waals surface area contributed by atoms with Gasteiger partial charge >= 0.3 is 0 Å². The lowest BCUT2D eigenvalue weighted by Crippen LogP contribution is -2.53. The first kappa shape index (κ1) is 10.8. The molecule has 0 saturated carbocycles. The van der Waals surface area contributed by atoms with Gasteiger partial charge in [-0.2, -0.15) is 0 Å². The van der Waals surface area contributed by atoms with Crippen molar-refractivity contribution in [2.45, 2.75) is 24.7 Å². The molecule has 0 bridgehead atoms. The Morgan fingerprint density at radius 2 is 1.55 bits per heavy atom. The molecule has 2 atom stereocenters. The highest BCUT2D eigenvalue weighted by molar-refractivity contribution is 4.88. The lowest BCUT2D eigenvalue weighted by molar-refractivity contribution is -0.161. The molecule has 0 spiro atoms. The Morgan fingerprint density at radius 1 is 1.18 bits per heavy atom. The minimum Gasteiger partial charge on any atom is -0.393 e. The van der Waals surface area contributed by atoms with Crippen molar-refractivity contribution >= 4 is 0 Å². The van der Waals surface area contributed by atoms with E-state index in [0.29, 0.717) is 0 Å². The molecule has 5 N–H and O–H groups in total. The summed E-state index contributed by atoms with van der Waals surface area (Å²) in [6.07, 6.45) is -2.74. The fourth-order valence-corrected chi connectivity index (χ4v) is 0.686. The van der Waals surface area contributed by atoms with Gasteiger partial charge in [-0.3, -0.25) is 0 Å². The van der Waals surface area contributed by atoms with Crippen LogP contribution in [0.3, 0.4) is 0 Å². The Hall–Kier alpha value is -0.200. The summed E-state index contributed by atoms with van der Waals surface area (Å²) in [6, 6.07) is 0. The van der Waals surface area contributed by atoms with E-state index in [9.17, 15) is 0 Å².